The Morgan fingerprint density at radius 1 is 1.17 bits per heavy atom. The summed E-state index contributed by atoms with van der Waals surface area (Å²) in [5.74, 6) is 0.959. The molecule has 4 nitrogen and oxygen atoms in total. The van der Waals surface area contributed by atoms with Gasteiger partial charge in [0.1, 0.15) is 0 Å². The number of benzene rings is 1. The number of aryl methyl sites for hydroxylation is 1. The summed E-state index contributed by atoms with van der Waals surface area (Å²) >= 11 is 0. The van der Waals surface area contributed by atoms with Gasteiger partial charge in [-0.05, 0) is 70.4 Å². The predicted octanol–water partition coefficient (Wildman–Crippen LogP) is 4.10. The largest absolute Gasteiger partial charge is 0.328 e. The molecule has 0 saturated heterocycles. The molecule has 2 rings (SSSR count). The second-order valence-corrected chi connectivity index (χ2v) is 7.64. The van der Waals surface area contributed by atoms with Crippen molar-refractivity contribution in [3.05, 3.63) is 42.0 Å². The molecular formula is C18H29NO3S. The molecule has 1 saturated carbocycles. The summed E-state index contributed by atoms with van der Waals surface area (Å²) in [6.45, 7) is 3.94. The lowest BCUT2D eigenvalue weighted by molar-refractivity contribution is 0.312. The van der Waals surface area contributed by atoms with E-state index in [0.717, 1.165) is 11.5 Å². The highest BCUT2D eigenvalue weighted by Crippen LogP contribution is 2.26. The first kappa shape index (κ1) is 19.9. The zero-order valence-electron chi connectivity index (χ0n) is 14.1. The van der Waals surface area contributed by atoms with E-state index in [1.807, 2.05) is 6.92 Å². The highest BCUT2D eigenvalue weighted by Gasteiger charge is 2.17. The van der Waals surface area contributed by atoms with Gasteiger partial charge in [0.15, 0.2) is 0 Å². The molecule has 3 N–H and O–H groups in total. The van der Waals surface area contributed by atoms with Crippen LogP contribution in [0.3, 0.4) is 0 Å². The van der Waals surface area contributed by atoms with E-state index in [1.165, 1.54) is 50.7 Å². The molecule has 0 aromatic heterocycles. The van der Waals surface area contributed by atoms with Gasteiger partial charge >= 0.3 is 0 Å². The molecule has 130 valence electrons. The van der Waals surface area contributed by atoms with E-state index >= 15 is 0 Å². The third kappa shape index (κ3) is 8.30. The predicted molar refractivity (Wildman–Crippen MR) is 95.0 cm³/mol. The maximum absolute atomic E-state index is 10.5. The SMILES string of the molecule is CC=CCC[C@H]1CC[C@H](N)CC1.Cc1ccc(S(=O)(=O)O)cc1. The van der Waals surface area contributed by atoms with E-state index in [9.17, 15) is 8.42 Å². The molecule has 1 fully saturated rings. The Morgan fingerprint density at radius 2 is 1.74 bits per heavy atom. The average molecular weight is 340 g/mol. The van der Waals surface area contributed by atoms with Gasteiger partial charge in [0.2, 0.25) is 0 Å². The third-order valence-electron chi connectivity index (χ3n) is 4.19. The molecule has 1 aromatic carbocycles. The van der Waals surface area contributed by atoms with Crippen LogP contribution in [0.1, 0.15) is 51.0 Å². The fraction of sp³-hybridized carbons (Fsp3) is 0.556. The minimum atomic E-state index is -4.02. The molecule has 0 aliphatic heterocycles. The van der Waals surface area contributed by atoms with Crippen molar-refractivity contribution >= 4 is 10.1 Å². The fourth-order valence-corrected chi connectivity index (χ4v) is 3.17. The highest BCUT2D eigenvalue weighted by molar-refractivity contribution is 7.85. The molecule has 0 atom stereocenters. The summed E-state index contributed by atoms with van der Waals surface area (Å²) in [6, 6.07) is 6.49. The monoisotopic (exact) mass is 339 g/mol. The number of allylic oxidation sites excluding steroid dienone is 2. The van der Waals surface area contributed by atoms with Crippen LogP contribution in [0.15, 0.2) is 41.3 Å². The molecule has 0 spiro atoms. The van der Waals surface area contributed by atoms with E-state index in [2.05, 4.69) is 19.1 Å². The Morgan fingerprint density at radius 3 is 2.22 bits per heavy atom. The van der Waals surface area contributed by atoms with Gasteiger partial charge in [-0.2, -0.15) is 8.42 Å². The van der Waals surface area contributed by atoms with Crippen LogP contribution in [0, 0.1) is 12.8 Å². The summed E-state index contributed by atoms with van der Waals surface area (Å²) in [5, 5.41) is 0. The molecule has 1 aliphatic carbocycles. The Kier molecular flexibility index (Phi) is 8.52. The zero-order chi connectivity index (χ0) is 17.3. The quantitative estimate of drug-likeness (QED) is 0.639. The number of nitrogens with two attached hydrogens (primary N) is 1. The highest BCUT2D eigenvalue weighted by atomic mass is 32.2. The van der Waals surface area contributed by atoms with Crippen molar-refractivity contribution in [2.75, 3.05) is 0 Å². The summed E-state index contributed by atoms with van der Waals surface area (Å²) < 4.78 is 29.6. The van der Waals surface area contributed by atoms with Crippen LogP contribution in [0.25, 0.3) is 0 Å². The van der Waals surface area contributed by atoms with Crippen LogP contribution in [-0.4, -0.2) is 19.0 Å². The summed E-state index contributed by atoms with van der Waals surface area (Å²) in [6.07, 6.45) is 12.3. The van der Waals surface area contributed by atoms with Gasteiger partial charge in [-0.1, -0.05) is 29.8 Å². The minimum Gasteiger partial charge on any atom is -0.328 e. The van der Waals surface area contributed by atoms with Crippen molar-refractivity contribution in [1.29, 1.82) is 0 Å². The van der Waals surface area contributed by atoms with Crippen LogP contribution >= 0.6 is 0 Å². The van der Waals surface area contributed by atoms with Crippen LogP contribution < -0.4 is 5.73 Å². The first-order chi connectivity index (χ1) is 10.8. The summed E-state index contributed by atoms with van der Waals surface area (Å²) in [5.41, 5.74) is 6.79. The van der Waals surface area contributed by atoms with E-state index in [-0.39, 0.29) is 4.90 Å². The molecule has 0 heterocycles. The Hall–Kier alpha value is -1.17. The van der Waals surface area contributed by atoms with Gasteiger partial charge in [-0.3, -0.25) is 4.55 Å². The second kappa shape index (κ2) is 9.85. The average Bonchev–Trinajstić information content (AvgIpc) is 2.50. The lowest BCUT2D eigenvalue weighted by atomic mass is 9.84. The Balaban J connectivity index is 0.000000231. The van der Waals surface area contributed by atoms with Crippen molar-refractivity contribution in [3.8, 4) is 0 Å². The molecule has 5 heteroatoms. The van der Waals surface area contributed by atoms with Gasteiger partial charge in [0, 0.05) is 6.04 Å². The van der Waals surface area contributed by atoms with Gasteiger partial charge in [-0.15, -0.1) is 0 Å². The Bertz CT molecular complexity index is 571. The fourth-order valence-electron chi connectivity index (χ4n) is 2.69. The second-order valence-electron chi connectivity index (χ2n) is 6.22. The lowest BCUT2D eigenvalue weighted by Gasteiger charge is -2.25. The van der Waals surface area contributed by atoms with Crippen LogP contribution in [-0.2, 0) is 10.1 Å². The topological polar surface area (TPSA) is 80.4 Å². The van der Waals surface area contributed by atoms with Crippen LogP contribution in [0.5, 0.6) is 0 Å². The molecule has 0 unspecified atom stereocenters. The number of rotatable bonds is 4. The van der Waals surface area contributed by atoms with Gasteiger partial charge in [0.05, 0.1) is 4.90 Å². The molecular weight excluding hydrogens is 310 g/mol. The molecule has 0 amide bonds. The first-order valence-corrected chi connectivity index (χ1v) is 9.67. The molecule has 0 radical (unpaired) electrons. The zero-order valence-corrected chi connectivity index (χ0v) is 14.9. The first-order valence-electron chi connectivity index (χ1n) is 8.23. The van der Waals surface area contributed by atoms with E-state index in [1.54, 1.807) is 12.1 Å². The maximum atomic E-state index is 10.5. The lowest BCUT2D eigenvalue weighted by Crippen LogP contribution is -2.26. The van der Waals surface area contributed by atoms with Gasteiger partial charge in [0.25, 0.3) is 10.1 Å². The maximum Gasteiger partial charge on any atom is 0.294 e. The summed E-state index contributed by atoms with van der Waals surface area (Å²) in [4.78, 5) is -0.0666. The van der Waals surface area contributed by atoms with Crippen molar-refractivity contribution in [1.82, 2.24) is 0 Å². The smallest absolute Gasteiger partial charge is 0.294 e. The molecule has 1 aliphatic rings. The van der Waals surface area contributed by atoms with Crippen molar-refractivity contribution in [2.24, 2.45) is 11.7 Å². The summed E-state index contributed by atoms with van der Waals surface area (Å²) in [7, 11) is -4.02. The van der Waals surface area contributed by atoms with Crippen molar-refractivity contribution < 1.29 is 13.0 Å². The standard InChI is InChI=1S/C11H21N.C7H8O3S/c1-2-3-4-5-10-6-8-11(12)9-7-10;1-6-2-4-7(5-3-6)11(8,9)10/h2-3,10-11H,4-9,12H2,1H3;2-5H,1H3,(H,8,9,10)/t10-,11-;. The van der Waals surface area contributed by atoms with Crippen molar-refractivity contribution in [2.45, 2.75) is 63.3 Å². The number of hydrogen-bond acceptors (Lipinski definition) is 3. The van der Waals surface area contributed by atoms with Crippen LogP contribution in [0.2, 0.25) is 0 Å². The molecule has 0 bridgehead atoms. The van der Waals surface area contributed by atoms with E-state index in [4.69, 9.17) is 10.3 Å². The van der Waals surface area contributed by atoms with Crippen LogP contribution in [0.4, 0.5) is 0 Å². The number of hydrogen-bond donors (Lipinski definition) is 2. The van der Waals surface area contributed by atoms with Gasteiger partial charge < -0.3 is 5.73 Å². The third-order valence-corrected chi connectivity index (χ3v) is 5.06. The minimum absolute atomic E-state index is 0.0666. The normalized spacial score (nSPS) is 21.7. The van der Waals surface area contributed by atoms with Gasteiger partial charge in [-0.25, -0.2) is 0 Å². The molecule has 23 heavy (non-hydrogen) atoms. The molecule has 1 aromatic rings. The van der Waals surface area contributed by atoms with E-state index in [0.29, 0.717) is 6.04 Å². The van der Waals surface area contributed by atoms with E-state index < -0.39 is 10.1 Å². The Labute approximate surface area is 140 Å². The van der Waals surface area contributed by atoms with Crippen molar-refractivity contribution in [3.63, 3.8) is 0 Å².